The molecular formula is C11H12FNO2. The summed E-state index contributed by atoms with van der Waals surface area (Å²) in [4.78, 5) is 11.4. The van der Waals surface area contributed by atoms with Crippen LogP contribution in [0.2, 0.25) is 0 Å². The van der Waals surface area contributed by atoms with Crippen LogP contribution in [0.25, 0.3) is 0 Å². The van der Waals surface area contributed by atoms with Gasteiger partial charge in [-0.1, -0.05) is 0 Å². The first-order valence-corrected chi connectivity index (χ1v) is 4.79. The third-order valence-electron chi connectivity index (χ3n) is 2.76. The van der Waals surface area contributed by atoms with Gasteiger partial charge in [0.25, 0.3) is 0 Å². The van der Waals surface area contributed by atoms with Crippen molar-refractivity contribution < 1.29 is 13.9 Å². The number of esters is 1. The molecule has 0 radical (unpaired) electrons. The van der Waals surface area contributed by atoms with Gasteiger partial charge in [0.2, 0.25) is 0 Å². The first-order valence-electron chi connectivity index (χ1n) is 4.79. The Morgan fingerprint density at radius 3 is 3.00 bits per heavy atom. The van der Waals surface area contributed by atoms with Gasteiger partial charge in [0.15, 0.2) is 0 Å². The third kappa shape index (κ3) is 1.61. The number of carbonyl (C=O) groups excluding carboxylic acids is 1. The van der Waals surface area contributed by atoms with Crippen LogP contribution in [0.3, 0.4) is 0 Å². The summed E-state index contributed by atoms with van der Waals surface area (Å²) >= 11 is 0. The number of methoxy groups -OCH3 is 1. The van der Waals surface area contributed by atoms with Crippen molar-refractivity contribution in [3.63, 3.8) is 0 Å². The van der Waals surface area contributed by atoms with Crippen molar-refractivity contribution in [2.24, 2.45) is 5.73 Å². The summed E-state index contributed by atoms with van der Waals surface area (Å²) in [5, 5.41) is 0. The molecule has 1 unspecified atom stereocenters. The number of fused-ring (bicyclic) bond motifs is 1. The van der Waals surface area contributed by atoms with Gasteiger partial charge in [0.1, 0.15) is 5.82 Å². The van der Waals surface area contributed by atoms with Gasteiger partial charge in [-0.2, -0.15) is 0 Å². The Bertz CT molecular complexity index is 417. The molecule has 1 aromatic rings. The molecule has 0 saturated carbocycles. The van der Waals surface area contributed by atoms with E-state index in [2.05, 4.69) is 4.74 Å². The van der Waals surface area contributed by atoms with E-state index < -0.39 is 11.8 Å². The number of nitrogens with two attached hydrogens (primary N) is 1. The molecule has 0 heterocycles. The van der Waals surface area contributed by atoms with E-state index in [1.807, 2.05) is 0 Å². The number of halogens is 1. The van der Waals surface area contributed by atoms with Gasteiger partial charge in [0.05, 0.1) is 12.7 Å². The minimum Gasteiger partial charge on any atom is -0.465 e. The minimum atomic E-state index is -0.500. The molecule has 4 heteroatoms. The Kier molecular flexibility index (Phi) is 2.44. The molecule has 0 amide bonds. The van der Waals surface area contributed by atoms with Gasteiger partial charge < -0.3 is 10.5 Å². The van der Waals surface area contributed by atoms with Crippen LogP contribution in [0.5, 0.6) is 0 Å². The van der Waals surface area contributed by atoms with Gasteiger partial charge in [-0.3, -0.25) is 0 Å². The summed E-state index contributed by atoms with van der Waals surface area (Å²) in [5.41, 5.74) is 7.67. The third-order valence-corrected chi connectivity index (χ3v) is 2.76. The largest absolute Gasteiger partial charge is 0.465 e. The van der Waals surface area contributed by atoms with Gasteiger partial charge in [-0.15, -0.1) is 0 Å². The molecule has 80 valence electrons. The summed E-state index contributed by atoms with van der Waals surface area (Å²) in [6.45, 7) is 0. The van der Waals surface area contributed by atoms with Crippen molar-refractivity contribution in [2.45, 2.75) is 18.9 Å². The molecular weight excluding hydrogens is 197 g/mol. The van der Waals surface area contributed by atoms with E-state index in [4.69, 9.17) is 5.73 Å². The number of benzene rings is 1. The number of hydrogen-bond acceptors (Lipinski definition) is 3. The highest BCUT2D eigenvalue weighted by atomic mass is 19.1. The van der Waals surface area contributed by atoms with Crippen molar-refractivity contribution in [1.82, 2.24) is 0 Å². The monoisotopic (exact) mass is 209 g/mol. The van der Waals surface area contributed by atoms with E-state index in [1.165, 1.54) is 19.2 Å². The second-order valence-corrected chi connectivity index (χ2v) is 3.66. The maximum Gasteiger partial charge on any atom is 0.338 e. The van der Waals surface area contributed by atoms with E-state index >= 15 is 0 Å². The van der Waals surface area contributed by atoms with Crippen molar-refractivity contribution in [2.75, 3.05) is 7.11 Å². The van der Waals surface area contributed by atoms with E-state index in [0.717, 1.165) is 17.5 Å². The molecule has 3 nitrogen and oxygen atoms in total. The number of ether oxygens (including phenoxy) is 1. The molecule has 2 rings (SSSR count). The van der Waals surface area contributed by atoms with Crippen LogP contribution in [0, 0.1) is 5.82 Å². The quantitative estimate of drug-likeness (QED) is 0.714. The van der Waals surface area contributed by atoms with Crippen molar-refractivity contribution in [1.29, 1.82) is 0 Å². The number of carbonyl (C=O) groups is 1. The van der Waals surface area contributed by atoms with Crippen LogP contribution in [0.1, 0.15) is 33.9 Å². The molecule has 1 aliphatic carbocycles. The summed E-state index contributed by atoms with van der Waals surface area (Å²) in [7, 11) is 1.29. The molecule has 0 saturated heterocycles. The maximum atomic E-state index is 13.2. The summed E-state index contributed by atoms with van der Waals surface area (Å²) in [6.07, 6.45) is 1.46. The second-order valence-electron chi connectivity index (χ2n) is 3.66. The van der Waals surface area contributed by atoms with Crippen LogP contribution in [0.15, 0.2) is 12.1 Å². The molecule has 0 spiro atoms. The average Bonchev–Trinajstić information content (AvgIpc) is 2.58. The van der Waals surface area contributed by atoms with E-state index in [1.54, 1.807) is 0 Å². The van der Waals surface area contributed by atoms with E-state index in [0.29, 0.717) is 12.0 Å². The second kappa shape index (κ2) is 3.62. The predicted molar refractivity (Wildman–Crippen MR) is 53.0 cm³/mol. The fourth-order valence-corrected chi connectivity index (χ4v) is 2.02. The van der Waals surface area contributed by atoms with Gasteiger partial charge in [-0.05, 0) is 36.1 Å². The lowest BCUT2D eigenvalue weighted by molar-refractivity contribution is 0.0599. The SMILES string of the molecule is COC(=O)c1cc(F)cc2c1CCC2N. The minimum absolute atomic E-state index is 0.167. The molecule has 1 aromatic carbocycles. The summed E-state index contributed by atoms with van der Waals surface area (Å²) < 4.78 is 17.8. The number of hydrogen-bond donors (Lipinski definition) is 1. The molecule has 2 N–H and O–H groups in total. The molecule has 1 atom stereocenters. The highest BCUT2D eigenvalue weighted by Crippen LogP contribution is 2.32. The molecule has 0 bridgehead atoms. The Labute approximate surface area is 87.0 Å². The van der Waals surface area contributed by atoms with Crippen LogP contribution in [-0.2, 0) is 11.2 Å². The highest BCUT2D eigenvalue weighted by molar-refractivity contribution is 5.91. The fraction of sp³-hybridized carbons (Fsp3) is 0.364. The lowest BCUT2D eigenvalue weighted by Crippen LogP contribution is -2.09. The Morgan fingerprint density at radius 1 is 1.60 bits per heavy atom. The normalized spacial score (nSPS) is 18.7. The van der Waals surface area contributed by atoms with Crippen molar-refractivity contribution in [3.8, 4) is 0 Å². The van der Waals surface area contributed by atoms with E-state index in [9.17, 15) is 9.18 Å². The Balaban J connectivity index is 2.56. The zero-order chi connectivity index (χ0) is 11.0. The zero-order valence-corrected chi connectivity index (χ0v) is 8.42. The van der Waals surface area contributed by atoms with Crippen molar-refractivity contribution in [3.05, 3.63) is 34.6 Å². The molecule has 1 aliphatic rings. The lowest BCUT2D eigenvalue weighted by Gasteiger charge is -2.08. The molecule has 0 aromatic heterocycles. The maximum absolute atomic E-state index is 13.2. The van der Waals surface area contributed by atoms with Crippen LogP contribution in [-0.4, -0.2) is 13.1 Å². The first kappa shape index (κ1) is 10.1. The first-order chi connectivity index (χ1) is 7.13. The predicted octanol–water partition coefficient (Wildman–Crippen LogP) is 1.56. The average molecular weight is 209 g/mol. The smallest absolute Gasteiger partial charge is 0.338 e. The van der Waals surface area contributed by atoms with Crippen molar-refractivity contribution >= 4 is 5.97 Å². The Hall–Kier alpha value is -1.42. The summed E-state index contributed by atoms with van der Waals surface area (Å²) in [6, 6.07) is 2.45. The van der Waals surface area contributed by atoms with Crippen LogP contribution in [0.4, 0.5) is 4.39 Å². The standard InChI is InChI=1S/C11H12FNO2/c1-15-11(14)9-5-6(12)4-8-7(9)2-3-10(8)13/h4-5,10H,2-3,13H2,1H3. The molecule has 0 fully saturated rings. The van der Waals surface area contributed by atoms with E-state index in [-0.39, 0.29) is 6.04 Å². The Morgan fingerprint density at radius 2 is 2.33 bits per heavy atom. The lowest BCUT2D eigenvalue weighted by atomic mass is 10.0. The van der Waals surface area contributed by atoms with Crippen LogP contribution >= 0.6 is 0 Å². The highest BCUT2D eigenvalue weighted by Gasteiger charge is 2.25. The topological polar surface area (TPSA) is 52.3 Å². The van der Waals surface area contributed by atoms with Gasteiger partial charge >= 0.3 is 5.97 Å². The number of rotatable bonds is 1. The zero-order valence-electron chi connectivity index (χ0n) is 8.42. The fourth-order valence-electron chi connectivity index (χ4n) is 2.02. The van der Waals surface area contributed by atoms with Gasteiger partial charge in [-0.25, -0.2) is 9.18 Å². The van der Waals surface area contributed by atoms with Gasteiger partial charge in [0, 0.05) is 6.04 Å². The molecule has 15 heavy (non-hydrogen) atoms. The molecule has 0 aliphatic heterocycles. The summed E-state index contributed by atoms with van der Waals surface area (Å²) in [5.74, 6) is -0.939. The van der Waals surface area contributed by atoms with Crippen LogP contribution < -0.4 is 5.73 Å².